The number of halogens is 2. The molecule has 0 radical (unpaired) electrons. The molecule has 1 aromatic carbocycles. The summed E-state index contributed by atoms with van der Waals surface area (Å²) in [7, 11) is 0. The lowest BCUT2D eigenvalue weighted by atomic mass is 10.2. The second-order valence-corrected chi connectivity index (χ2v) is 4.58. The fourth-order valence-electron chi connectivity index (χ4n) is 0.867. The molecule has 0 saturated carbocycles. The van der Waals surface area contributed by atoms with Crippen molar-refractivity contribution in [2.24, 2.45) is 0 Å². The van der Waals surface area contributed by atoms with E-state index in [9.17, 15) is 10.1 Å². The third-order valence-corrected chi connectivity index (χ3v) is 3.54. The van der Waals surface area contributed by atoms with Crippen molar-refractivity contribution in [2.75, 3.05) is 0 Å². The van der Waals surface area contributed by atoms with Crippen LogP contribution in [-0.2, 0) is 0 Å². The molecule has 5 heteroatoms. The van der Waals surface area contributed by atoms with Crippen LogP contribution < -0.4 is 0 Å². The van der Waals surface area contributed by atoms with E-state index in [-0.39, 0.29) is 10.6 Å². The van der Waals surface area contributed by atoms with E-state index >= 15 is 0 Å². The average Bonchev–Trinajstić information content (AvgIpc) is 1.97. The summed E-state index contributed by atoms with van der Waals surface area (Å²) in [5, 5.41) is 10.6. The van der Waals surface area contributed by atoms with Crippen molar-refractivity contribution in [3.63, 3.8) is 0 Å². The van der Waals surface area contributed by atoms with E-state index in [1.165, 1.54) is 0 Å². The van der Waals surface area contributed by atoms with Gasteiger partial charge in [-0.15, -0.1) is 0 Å². The molecule has 0 aliphatic heterocycles. The molecule has 12 heavy (non-hydrogen) atoms. The van der Waals surface area contributed by atoms with E-state index in [1.807, 2.05) is 28.7 Å². The maximum Gasteiger partial charge on any atom is 0.286 e. The SMILES string of the molecule is Cc1c(I)ccc(I)c1[N+](=O)[O-]. The van der Waals surface area contributed by atoms with Crippen LogP contribution in [0.3, 0.4) is 0 Å². The fraction of sp³-hybridized carbons (Fsp3) is 0.143. The van der Waals surface area contributed by atoms with E-state index in [0.717, 1.165) is 9.13 Å². The standard InChI is InChI=1S/C7H5I2NO2/c1-4-5(8)2-3-6(9)7(4)10(11)12/h2-3H,1H3. The molecule has 1 rings (SSSR count). The van der Waals surface area contributed by atoms with Gasteiger partial charge >= 0.3 is 0 Å². The summed E-state index contributed by atoms with van der Waals surface area (Å²) in [5.41, 5.74) is 0.968. The van der Waals surface area contributed by atoms with Crippen LogP contribution in [-0.4, -0.2) is 4.92 Å². The molecular weight excluding hydrogens is 384 g/mol. The second-order valence-electron chi connectivity index (χ2n) is 2.26. The van der Waals surface area contributed by atoms with Gasteiger partial charge in [0.1, 0.15) is 0 Å². The number of nitrogens with zero attached hydrogens (tertiary/aromatic N) is 1. The Hall–Kier alpha value is 0.0800. The van der Waals surface area contributed by atoms with Gasteiger partial charge in [-0.1, -0.05) is 0 Å². The number of nitro groups is 1. The normalized spacial score (nSPS) is 9.92. The lowest BCUT2D eigenvalue weighted by molar-refractivity contribution is -0.386. The minimum atomic E-state index is -0.334. The van der Waals surface area contributed by atoms with Crippen molar-refractivity contribution in [3.05, 3.63) is 35.0 Å². The molecule has 0 heterocycles. The van der Waals surface area contributed by atoms with Gasteiger partial charge in [-0.2, -0.15) is 0 Å². The first-order valence-corrected chi connectivity index (χ1v) is 5.28. The van der Waals surface area contributed by atoms with E-state index in [2.05, 4.69) is 22.6 Å². The smallest absolute Gasteiger partial charge is 0.258 e. The zero-order valence-electron chi connectivity index (χ0n) is 6.17. The highest BCUT2D eigenvalue weighted by Gasteiger charge is 2.16. The van der Waals surface area contributed by atoms with Crippen LogP contribution in [0.2, 0.25) is 0 Å². The molecule has 0 atom stereocenters. The zero-order chi connectivity index (χ0) is 9.30. The van der Waals surface area contributed by atoms with Gasteiger partial charge in [-0.3, -0.25) is 10.1 Å². The molecule has 3 nitrogen and oxygen atoms in total. The lowest BCUT2D eigenvalue weighted by Crippen LogP contribution is -1.96. The molecule has 1 aromatic rings. The van der Waals surface area contributed by atoms with Crippen LogP contribution in [0.1, 0.15) is 5.56 Å². The summed E-state index contributed by atoms with van der Waals surface area (Å²) >= 11 is 4.07. The summed E-state index contributed by atoms with van der Waals surface area (Å²) < 4.78 is 1.62. The van der Waals surface area contributed by atoms with Gasteiger partial charge in [0, 0.05) is 9.13 Å². The van der Waals surface area contributed by atoms with Gasteiger partial charge < -0.3 is 0 Å². The molecule has 0 aliphatic rings. The van der Waals surface area contributed by atoms with E-state index < -0.39 is 0 Å². The van der Waals surface area contributed by atoms with Crippen LogP contribution in [0.15, 0.2) is 12.1 Å². The van der Waals surface area contributed by atoms with Crippen molar-refractivity contribution in [3.8, 4) is 0 Å². The predicted molar refractivity (Wildman–Crippen MR) is 63.3 cm³/mol. The lowest BCUT2D eigenvalue weighted by Gasteiger charge is -2.00. The van der Waals surface area contributed by atoms with E-state index in [4.69, 9.17) is 0 Å². The Bertz CT molecular complexity index is 338. The van der Waals surface area contributed by atoms with Gasteiger partial charge in [0.05, 0.1) is 8.49 Å². The molecule has 0 amide bonds. The largest absolute Gasteiger partial charge is 0.286 e. The van der Waals surface area contributed by atoms with Gasteiger partial charge in [0.2, 0.25) is 0 Å². The van der Waals surface area contributed by atoms with Crippen LogP contribution in [0, 0.1) is 24.2 Å². The number of hydrogen-bond acceptors (Lipinski definition) is 2. The molecule has 0 aromatic heterocycles. The topological polar surface area (TPSA) is 43.1 Å². The monoisotopic (exact) mass is 389 g/mol. The van der Waals surface area contributed by atoms with Crippen molar-refractivity contribution in [1.29, 1.82) is 0 Å². The summed E-state index contributed by atoms with van der Waals surface area (Å²) in [6.07, 6.45) is 0. The molecule has 0 bridgehead atoms. The van der Waals surface area contributed by atoms with Gasteiger partial charge in [-0.25, -0.2) is 0 Å². The molecule has 0 saturated heterocycles. The van der Waals surface area contributed by atoms with E-state index in [0.29, 0.717) is 3.57 Å². The molecular formula is C7H5I2NO2. The second kappa shape index (κ2) is 3.86. The Kier molecular flexibility index (Phi) is 3.27. The summed E-state index contributed by atoms with van der Waals surface area (Å²) in [5.74, 6) is 0. The minimum absolute atomic E-state index is 0.225. The van der Waals surface area contributed by atoms with E-state index in [1.54, 1.807) is 13.0 Å². The van der Waals surface area contributed by atoms with Gasteiger partial charge in [0.25, 0.3) is 5.69 Å². The molecule has 0 unspecified atom stereocenters. The molecule has 0 spiro atoms. The van der Waals surface area contributed by atoms with Crippen molar-refractivity contribution in [2.45, 2.75) is 6.92 Å². The predicted octanol–water partition coefficient (Wildman–Crippen LogP) is 3.11. The maximum absolute atomic E-state index is 10.6. The highest BCUT2D eigenvalue weighted by molar-refractivity contribution is 14.1. The first kappa shape index (κ1) is 10.2. The molecule has 0 fully saturated rings. The van der Waals surface area contributed by atoms with Crippen LogP contribution >= 0.6 is 45.2 Å². The summed E-state index contributed by atoms with van der Waals surface area (Å²) in [4.78, 5) is 10.3. The van der Waals surface area contributed by atoms with Crippen molar-refractivity contribution in [1.82, 2.24) is 0 Å². The fourth-order valence-corrected chi connectivity index (χ4v) is 2.08. The number of rotatable bonds is 1. The highest BCUT2D eigenvalue weighted by Crippen LogP contribution is 2.28. The minimum Gasteiger partial charge on any atom is -0.258 e. The molecule has 0 N–H and O–H groups in total. The Morgan fingerprint density at radius 1 is 1.33 bits per heavy atom. The van der Waals surface area contributed by atoms with Crippen LogP contribution in [0.4, 0.5) is 5.69 Å². The molecule has 0 aliphatic carbocycles. The van der Waals surface area contributed by atoms with Gasteiger partial charge in [-0.05, 0) is 64.2 Å². The quantitative estimate of drug-likeness (QED) is 0.421. The zero-order valence-corrected chi connectivity index (χ0v) is 10.5. The average molecular weight is 389 g/mol. The summed E-state index contributed by atoms with van der Waals surface area (Å²) in [6, 6.07) is 3.64. The number of hydrogen-bond donors (Lipinski definition) is 0. The van der Waals surface area contributed by atoms with Crippen molar-refractivity contribution >= 4 is 50.9 Å². The first-order valence-electron chi connectivity index (χ1n) is 3.13. The molecule has 64 valence electrons. The number of benzene rings is 1. The Morgan fingerprint density at radius 3 is 2.25 bits per heavy atom. The van der Waals surface area contributed by atoms with Crippen LogP contribution in [0.25, 0.3) is 0 Å². The summed E-state index contributed by atoms with van der Waals surface area (Å²) in [6.45, 7) is 1.77. The maximum atomic E-state index is 10.6. The van der Waals surface area contributed by atoms with Crippen molar-refractivity contribution < 1.29 is 4.92 Å². The third kappa shape index (κ3) is 1.87. The van der Waals surface area contributed by atoms with Crippen LogP contribution in [0.5, 0.6) is 0 Å². The Labute approximate surface area is 97.0 Å². The third-order valence-electron chi connectivity index (χ3n) is 1.50. The van der Waals surface area contributed by atoms with Gasteiger partial charge in [0.15, 0.2) is 0 Å². The first-order chi connectivity index (χ1) is 5.54. The Balaban J connectivity index is 3.43. The Morgan fingerprint density at radius 2 is 1.83 bits per heavy atom. The highest BCUT2D eigenvalue weighted by atomic mass is 127. The number of nitro benzene ring substituents is 1.